The highest BCUT2D eigenvalue weighted by Crippen LogP contribution is 2.31. The molecule has 1 unspecified atom stereocenters. The summed E-state index contributed by atoms with van der Waals surface area (Å²) in [6.45, 7) is 5.98. The van der Waals surface area contributed by atoms with Gasteiger partial charge in [0.1, 0.15) is 0 Å². The molecule has 0 aromatic carbocycles. The lowest BCUT2D eigenvalue weighted by Crippen LogP contribution is -2.40. The summed E-state index contributed by atoms with van der Waals surface area (Å²) in [6, 6.07) is -0.0749. The number of hydrogen-bond acceptors (Lipinski definition) is 1. The van der Waals surface area contributed by atoms with E-state index in [1.54, 1.807) is 7.05 Å². The van der Waals surface area contributed by atoms with Gasteiger partial charge in [0.15, 0.2) is 0 Å². The van der Waals surface area contributed by atoms with Crippen molar-refractivity contribution in [3.05, 3.63) is 0 Å². The molecule has 0 radical (unpaired) electrons. The topological polar surface area (TPSA) is 12.0 Å². The molecular weight excluding hydrogens is 191 g/mol. The molecule has 4 heteroatoms. The summed E-state index contributed by atoms with van der Waals surface area (Å²) in [5.41, 5.74) is -0.0833. The van der Waals surface area contributed by atoms with Crippen molar-refractivity contribution < 1.29 is 13.2 Å². The van der Waals surface area contributed by atoms with E-state index in [1.165, 1.54) is 0 Å². The molecule has 0 aromatic rings. The fraction of sp³-hybridized carbons (Fsp3) is 1.00. The van der Waals surface area contributed by atoms with Gasteiger partial charge in [-0.05, 0) is 25.3 Å². The van der Waals surface area contributed by atoms with Crippen LogP contribution in [0.2, 0.25) is 0 Å². The average Bonchev–Trinajstić information content (AvgIpc) is 2.03. The summed E-state index contributed by atoms with van der Waals surface area (Å²) in [4.78, 5) is 0. The number of hydrogen-bond donors (Lipinski definition) is 1. The van der Waals surface area contributed by atoms with E-state index in [-0.39, 0.29) is 17.9 Å². The maximum absolute atomic E-state index is 12.0. The molecule has 0 saturated carbocycles. The molecule has 14 heavy (non-hydrogen) atoms. The Hall–Kier alpha value is -0.250. The van der Waals surface area contributed by atoms with Gasteiger partial charge in [-0.3, -0.25) is 0 Å². The zero-order chi connectivity index (χ0) is 11.4. The lowest BCUT2D eigenvalue weighted by atomic mass is 9.80. The molecule has 0 aliphatic carbocycles. The second-order valence-corrected chi connectivity index (χ2v) is 4.34. The standard InChI is InChI=1S/C10H20F3N/c1-5-9(2,3)8(14-4)6-7-10(11,12)13/h8,14H,5-7H2,1-4H3. The van der Waals surface area contributed by atoms with Gasteiger partial charge < -0.3 is 5.32 Å². The Balaban J connectivity index is 4.17. The van der Waals surface area contributed by atoms with Crippen LogP contribution in [0, 0.1) is 5.41 Å². The van der Waals surface area contributed by atoms with Gasteiger partial charge in [-0.1, -0.05) is 20.8 Å². The van der Waals surface area contributed by atoms with Crippen molar-refractivity contribution in [2.75, 3.05) is 7.05 Å². The third-order valence-corrected chi connectivity index (χ3v) is 2.92. The van der Waals surface area contributed by atoms with Crippen LogP contribution >= 0.6 is 0 Å². The number of alkyl halides is 3. The molecule has 0 rings (SSSR count). The Morgan fingerprint density at radius 1 is 1.21 bits per heavy atom. The first-order chi connectivity index (χ1) is 6.23. The van der Waals surface area contributed by atoms with Crippen LogP contribution in [0.5, 0.6) is 0 Å². The Morgan fingerprint density at radius 3 is 2.00 bits per heavy atom. The number of rotatable bonds is 5. The van der Waals surface area contributed by atoms with Crippen LogP contribution in [0.25, 0.3) is 0 Å². The van der Waals surface area contributed by atoms with Crippen LogP contribution in [0.3, 0.4) is 0 Å². The van der Waals surface area contributed by atoms with Gasteiger partial charge in [-0.15, -0.1) is 0 Å². The zero-order valence-electron chi connectivity index (χ0n) is 9.33. The van der Waals surface area contributed by atoms with Crippen LogP contribution in [0.15, 0.2) is 0 Å². The van der Waals surface area contributed by atoms with Crippen molar-refractivity contribution in [3.8, 4) is 0 Å². The molecule has 0 aliphatic heterocycles. The molecule has 0 amide bonds. The van der Waals surface area contributed by atoms with Crippen molar-refractivity contribution in [2.45, 2.75) is 52.3 Å². The molecule has 1 atom stereocenters. The SMILES string of the molecule is CCC(C)(C)C(CCC(F)(F)F)NC. The molecule has 0 heterocycles. The summed E-state index contributed by atoms with van der Waals surface area (Å²) < 4.78 is 36.0. The summed E-state index contributed by atoms with van der Waals surface area (Å²) in [5, 5.41) is 2.97. The van der Waals surface area contributed by atoms with E-state index in [1.807, 2.05) is 20.8 Å². The Bertz CT molecular complexity index is 163. The molecule has 1 nitrogen and oxygen atoms in total. The van der Waals surface area contributed by atoms with E-state index >= 15 is 0 Å². The summed E-state index contributed by atoms with van der Waals surface area (Å²) >= 11 is 0. The average molecular weight is 211 g/mol. The minimum atomic E-state index is -4.04. The van der Waals surface area contributed by atoms with Gasteiger partial charge in [0.05, 0.1) is 0 Å². The predicted octanol–water partition coefficient (Wildman–Crippen LogP) is 3.35. The van der Waals surface area contributed by atoms with Crippen LogP contribution in [0.4, 0.5) is 13.2 Å². The van der Waals surface area contributed by atoms with Crippen LogP contribution in [-0.4, -0.2) is 19.3 Å². The van der Waals surface area contributed by atoms with Gasteiger partial charge in [0, 0.05) is 12.5 Å². The highest BCUT2D eigenvalue weighted by molar-refractivity contribution is 4.82. The summed E-state index contributed by atoms with van der Waals surface area (Å²) in [6.07, 6.45) is -3.72. The van der Waals surface area contributed by atoms with Gasteiger partial charge in [-0.2, -0.15) is 13.2 Å². The molecule has 0 bridgehead atoms. The predicted molar refractivity (Wildman–Crippen MR) is 52.2 cm³/mol. The summed E-state index contributed by atoms with van der Waals surface area (Å²) in [5.74, 6) is 0. The normalized spacial score (nSPS) is 15.6. The molecule has 1 N–H and O–H groups in total. The third kappa shape index (κ3) is 4.84. The molecular formula is C10H20F3N. The first-order valence-corrected chi connectivity index (χ1v) is 4.97. The minimum Gasteiger partial charge on any atom is -0.316 e. The van der Waals surface area contributed by atoms with Crippen molar-refractivity contribution >= 4 is 0 Å². The van der Waals surface area contributed by atoms with Crippen molar-refractivity contribution in [2.24, 2.45) is 5.41 Å². The first kappa shape index (κ1) is 13.8. The van der Waals surface area contributed by atoms with Gasteiger partial charge in [-0.25, -0.2) is 0 Å². The van der Waals surface area contributed by atoms with Gasteiger partial charge in [0.25, 0.3) is 0 Å². The van der Waals surface area contributed by atoms with Crippen molar-refractivity contribution in [1.29, 1.82) is 0 Å². The van der Waals surface area contributed by atoms with E-state index < -0.39 is 12.6 Å². The van der Waals surface area contributed by atoms with Gasteiger partial charge in [0.2, 0.25) is 0 Å². The molecule has 0 aliphatic rings. The third-order valence-electron chi connectivity index (χ3n) is 2.92. The highest BCUT2D eigenvalue weighted by atomic mass is 19.4. The smallest absolute Gasteiger partial charge is 0.316 e. The lowest BCUT2D eigenvalue weighted by Gasteiger charge is -2.33. The first-order valence-electron chi connectivity index (χ1n) is 4.97. The van der Waals surface area contributed by atoms with Crippen molar-refractivity contribution in [1.82, 2.24) is 5.32 Å². The molecule has 0 fully saturated rings. The van der Waals surface area contributed by atoms with Crippen LogP contribution in [-0.2, 0) is 0 Å². The minimum absolute atomic E-state index is 0.0749. The largest absolute Gasteiger partial charge is 0.389 e. The lowest BCUT2D eigenvalue weighted by molar-refractivity contribution is -0.138. The molecule has 86 valence electrons. The van der Waals surface area contributed by atoms with E-state index in [0.29, 0.717) is 0 Å². The maximum Gasteiger partial charge on any atom is 0.389 e. The van der Waals surface area contributed by atoms with E-state index in [2.05, 4.69) is 5.32 Å². The zero-order valence-corrected chi connectivity index (χ0v) is 9.33. The number of nitrogens with one attached hydrogen (secondary N) is 1. The maximum atomic E-state index is 12.0. The van der Waals surface area contributed by atoms with E-state index in [4.69, 9.17) is 0 Å². The second-order valence-electron chi connectivity index (χ2n) is 4.34. The Labute approximate surface area is 84.1 Å². The molecule has 0 saturated heterocycles. The van der Waals surface area contributed by atoms with Crippen molar-refractivity contribution in [3.63, 3.8) is 0 Å². The molecule has 0 aromatic heterocycles. The molecule has 0 spiro atoms. The van der Waals surface area contributed by atoms with E-state index in [9.17, 15) is 13.2 Å². The monoisotopic (exact) mass is 211 g/mol. The Morgan fingerprint density at radius 2 is 1.71 bits per heavy atom. The van der Waals surface area contributed by atoms with Crippen LogP contribution < -0.4 is 5.32 Å². The fourth-order valence-corrected chi connectivity index (χ4v) is 1.48. The Kier molecular flexibility index (Phi) is 4.92. The number of halogens is 3. The quantitative estimate of drug-likeness (QED) is 0.735. The van der Waals surface area contributed by atoms with E-state index in [0.717, 1.165) is 6.42 Å². The van der Waals surface area contributed by atoms with Gasteiger partial charge >= 0.3 is 6.18 Å². The van der Waals surface area contributed by atoms with Crippen LogP contribution in [0.1, 0.15) is 40.0 Å². The highest BCUT2D eigenvalue weighted by Gasteiger charge is 2.32. The fourth-order valence-electron chi connectivity index (χ4n) is 1.48. The second kappa shape index (κ2) is 5.01. The summed E-state index contributed by atoms with van der Waals surface area (Å²) in [7, 11) is 1.72.